The van der Waals surface area contributed by atoms with Gasteiger partial charge in [0.05, 0.1) is 5.75 Å². The first-order valence-corrected chi connectivity index (χ1v) is 6.80. The Hall–Kier alpha value is -0.130. The highest BCUT2D eigenvalue weighted by Crippen LogP contribution is 2.05. The minimum Gasteiger partial charge on any atom is -0.329 e. The second kappa shape index (κ2) is 7.20. The molecule has 0 unspecified atom stereocenters. The average molecular weight is 222 g/mol. The van der Waals surface area contributed by atoms with Crippen LogP contribution >= 0.6 is 0 Å². The molecule has 86 valence electrons. The fraction of sp³-hybridized carbons (Fsp3) is 1.00. The van der Waals surface area contributed by atoms with Gasteiger partial charge in [0.25, 0.3) is 0 Å². The molecule has 0 aliphatic heterocycles. The highest BCUT2D eigenvalue weighted by molar-refractivity contribution is 7.89. The van der Waals surface area contributed by atoms with Crippen LogP contribution < -0.4 is 10.5 Å². The third-order valence-electron chi connectivity index (χ3n) is 1.92. The van der Waals surface area contributed by atoms with Gasteiger partial charge in [0.1, 0.15) is 0 Å². The summed E-state index contributed by atoms with van der Waals surface area (Å²) in [5, 5.41) is 0. The van der Waals surface area contributed by atoms with Crippen LogP contribution in [0.25, 0.3) is 0 Å². The zero-order valence-corrected chi connectivity index (χ0v) is 9.94. The monoisotopic (exact) mass is 222 g/mol. The Balaban J connectivity index is 3.45. The molecule has 0 rings (SSSR count). The van der Waals surface area contributed by atoms with E-state index in [-0.39, 0.29) is 12.3 Å². The van der Waals surface area contributed by atoms with E-state index in [0.717, 1.165) is 19.3 Å². The molecule has 3 N–H and O–H groups in total. The van der Waals surface area contributed by atoms with Crippen LogP contribution in [0.3, 0.4) is 0 Å². The number of nitrogens with two attached hydrogens (primary N) is 1. The summed E-state index contributed by atoms with van der Waals surface area (Å²) in [4.78, 5) is 0. The Labute approximate surface area is 87.3 Å². The Morgan fingerprint density at radius 1 is 1.29 bits per heavy atom. The molecule has 0 radical (unpaired) electrons. The van der Waals surface area contributed by atoms with Crippen molar-refractivity contribution in [1.29, 1.82) is 0 Å². The molecule has 0 fully saturated rings. The summed E-state index contributed by atoms with van der Waals surface area (Å²) in [6, 6.07) is 0. The second-order valence-corrected chi connectivity index (χ2v) is 5.82. The van der Waals surface area contributed by atoms with Crippen LogP contribution in [0.5, 0.6) is 0 Å². The molecule has 0 aromatic rings. The van der Waals surface area contributed by atoms with Gasteiger partial charge < -0.3 is 5.73 Å². The summed E-state index contributed by atoms with van der Waals surface area (Å²) < 4.78 is 24.8. The van der Waals surface area contributed by atoms with Gasteiger partial charge in [0.15, 0.2) is 0 Å². The number of hydrogen-bond donors (Lipinski definition) is 2. The van der Waals surface area contributed by atoms with Gasteiger partial charge in [-0.05, 0) is 12.3 Å². The first-order valence-electron chi connectivity index (χ1n) is 5.15. The topological polar surface area (TPSA) is 72.2 Å². The number of unbranched alkanes of at least 4 members (excludes halogenated alkanes) is 1. The third kappa shape index (κ3) is 8.47. The molecule has 0 aliphatic rings. The molecule has 0 aliphatic carbocycles. The largest absolute Gasteiger partial charge is 0.329 e. The van der Waals surface area contributed by atoms with E-state index < -0.39 is 10.0 Å². The maximum Gasteiger partial charge on any atom is 0.212 e. The summed E-state index contributed by atoms with van der Waals surface area (Å²) in [5.41, 5.74) is 5.17. The molecule has 0 heterocycles. The number of sulfonamides is 1. The van der Waals surface area contributed by atoms with Crippen molar-refractivity contribution in [3.8, 4) is 0 Å². The molecule has 0 saturated carbocycles. The van der Waals surface area contributed by atoms with Crippen LogP contribution in [0.4, 0.5) is 0 Å². The summed E-state index contributed by atoms with van der Waals surface area (Å²) in [7, 11) is -3.11. The lowest BCUT2D eigenvalue weighted by Crippen LogP contribution is -2.30. The summed E-state index contributed by atoms with van der Waals surface area (Å²) in [6.07, 6.45) is 3.13. The molecule has 5 heteroatoms. The first kappa shape index (κ1) is 13.9. The minimum absolute atomic E-state index is 0.0250. The maximum absolute atomic E-state index is 11.1. The van der Waals surface area contributed by atoms with Crippen molar-refractivity contribution in [3.05, 3.63) is 0 Å². The van der Waals surface area contributed by atoms with Crippen molar-refractivity contribution >= 4 is 10.0 Å². The standard InChI is InChI=1S/C9H22N2O2S/c1-9(2)5-3-4-7-11-14(12,13)8-6-10/h9,11H,3-8,10H2,1-2H3. The Kier molecular flexibility index (Phi) is 7.13. The van der Waals surface area contributed by atoms with Gasteiger partial charge in [-0.15, -0.1) is 0 Å². The van der Waals surface area contributed by atoms with Crippen LogP contribution in [0, 0.1) is 5.92 Å². The van der Waals surface area contributed by atoms with Crippen molar-refractivity contribution in [1.82, 2.24) is 4.72 Å². The molecule has 0 amide bonds. The van der Waals surface area contributed by atoms with E-state index in [0.29, 0.717) is 12.5 Å². The van der Waals surface area contributed by atoms with Gasteiger partial charge in [-0.2, -0.15) is 0 Å². The van der Waals surface area contributed by atoms with E-state index in [1.54, 1.807) is 0 Å². The normalized spacial score (nSPS) is 12.3. The average Bonchev–Trinajstić information content (AvgIpc) is 2.02. The Bertz CT molecular complexity index is 225. The van der Waals surface area contributed by atoms with Gasteiger partial charge in [-0.1, -0.05) is 26.7 Å². The zero-order chi connectivity index (χ0) is 11.0. The maximum atomic E-state index is 11.1. The molecule has 0 aromatic heterocycles. The molecule has 14 heavy (non-hydrogen) atoms. The van der Waals surface area contributed by atoms with Gasteiger partial charge >= 0.3 is 0 Å². The predicted molar refractivity (Wildman–Crippen MR) is 59.5 cm³/mol. The highest BCUT2D eigenvalue weighted by Gasteiger charge is 2.06. The second-order valence-electron chi connectivity index (χ2n) is 3.89. The highest BCUT2D eigenvalue weighted by atomic mass is 32.2. The van der Waals surface area contributed by atoms with Gasteiger partial charge in [-0.25, -0.2) is 13.1 Å². The van der Waals surface area contributed by atoms with E-state index in [9.17, 15) is 8.42 Å². The van der Waals surface area contributed by atoms with E-state index in [1.807, 2.05) is 0 Å². The Morgan fingerprint density at radius 3 is 2.43 bits per heavy atom. The van der Waals surface area contributed by atoms with Crippen molar-refractivity contribution in [2.24, 2.45) is 11.7 Å². The Morgan fingerprint density at radius 2 is 1.93 bits per heavy atom. The number of nitrogens with one attached hydrogen (secondary N) is 1. The lowest BCUT2D eigenvalue weighted by atomic mass is 10.1. The van der Waals surface area contributed by atoms with Crippen LogP contribution in [0.1, 0.15) is 33.1 Å². The molecule has 0 spiro atoms. The lowest BCUT2D eigenvalue weighted by molar-refractivity contribution is 0.530. The predicted octanol–water partition coefficient (Wildman–Crippen LogP) is 0.691. The van der Waals surface area contributed by atoms with Gasteiger partial charge in [-0.3, -0.25) is 0 Å². The minimum atomic E-state index is -3.11. The van der Waals surface area contributed by atoms with Crippen LogP contribution in [-0.4, -0.2) is 27.3 Å². The van der Waals surface area contributed by atoms with Crippen LogP contribution in [0.2, 0.25) is 0 Å². The molecule has 0 bridgehead atoms. The zero-order valence-electron chi connectivity index (χ0n) is 9.12. The molecular weight excluding hydrogens is 200 g/mol. The summed E-state index contributed by atoms with van der Waals surface area (Å²) in [5.74, 6) is 0.715. The van der Waals surface area contributed by atoms with Crippen molar-refractivity contribution in [2.75, 3.05) is 18.8 Å². The third-order valence-corrected chi connectivity index (χ3v) is 3.33. The SMILES string of the molecule is CC(C)CCCCNS(=O)(=O)CCN. The smallest absolute Gasteiger partial charge is 0.212 e. The number of hydrogen-bond acceptors (Lipinski definition) is 3. The lowest BCUT2D eigenvalue weighted by Gasteiger charge is -2.06. The van der Waals surface area contributed by atoms with Crippen LogP contribution in [0.15, 0.2) is 0 Å². The molecule has 0 saturated heterocycles. The molecule has 0 aromatic carbocycles. The van der Waals surface area contributed by atoms with Gasteiger partial charge in [0.2, 0.25) is 10.0 Å². The number of rotatable bonds is 8. The quantitative estimate of drug-likeness (QED) is 0.594. The van der Waals surface area contributed by atoms with Crippen LogP contribution in [-0.2, 0) is 10.0 Å². The fourth-order valence-corrected chi connectivity index (χ4v) is 2.04. The summed E-state index contributed by atoms with van der Waals surface area (Å²) >= 11 is 0. The molecule has 4 nitrogen and oxygen atoms in total. The first-order chi connectivity index (χ1) is 6.48. The van der Waals surface area contributed by atoms with E-state index in [4.69, 9.17) is 5.73 Å². The van der Waals surface area contributed by atoms with E-state index in [1.165, 1.54) is 0 Å². The van der Waals surface area contributed by atoms with E-state index in [2.05, 4.69) is 18.6 Å². The molecule has 0 atom stereocenters. The van der Waals surface area contributed by atoms with Crippen molar-refractivity contribution in [3.63, 3.8) is 0 Å². The van der Waals surface area contributed by atoms with E-state index >= 15 is 0 Å². The van der Waals surface area contributed by atoms with Crippen molar-refractivity contribution in [2.45, 2.75) is 33.1 Å². The molecular formula is C9H22N2O2S. The van der Waals surface area contributed by atoms with Crippen molar-refractivity contribution < 1.29 is 8.42 Å². The van der Waals surface area contributed by atoms with Gasteiger partial charge in [0, 0.05) is 13.1 Å². The fourth-order valence-electron chi connectivity index (χ4n) is 1.13. The summed E-state index contributed by atoms with van der Waals surface area (Å²) in [6.45, 7) is 5.05.